The van der Waals surface area contributed by atoms with Crippen LogP contribution in [0.25, 0.3) is 11.5 Å². The van der Waals surface area contributed by atoms with Gasteiger partial charge in [-0.3, -0.25) is 0 Å². The summed E-state index contributed by atoms with van der Waals surface area (Å²) in [5.74, 6) is 0.0239. The van der Waals surface area contributed by atoms with Crippen molar-refractivity contribution in [1.29, 1.82) is 0 Å². The fourth-order valence-electron chi connectivity index (χ4n) is 1.64. The molecule has 0 bridgehead atoms. The topological polar surface area (TPSA) is 113 Å². The molecule has 0 atom stereocenters. The van der Waals surface area contributed by atoms with E-state index in [1.807, 2.05) is 0 Å². The second-order valence-corrected chi connectivity index (χ2v) is 4.39. The van der Waals surface area contributed by atoms with Crippen molar-refractivity contribution in [2.45, 2.75) is 6.54 Å². The van der Waals surface area contributed by atoms with E-state index in [-0.39, 0.29) is 18.3 Å². The lowest BCUT2D eigenvalue weighted by Gasteiger charge is -1.96. The third-order valence-electron chi connectivity index (χ3n) is 2.56. The number of rotatable bonds is 4. The van der Waals surface area contributed by atoms with Crippen LogP contribution in [0.5, 0.6) is 0 Å². The Morgan fingerprint density at radius 1 is 1.33 bits per heavy atom. The lowest BCUT2D eigenvalue weighted by molar-refractivity contribution is -0.394. The molecular weight excluding hydrogens is 300 g/mol. The second-order valence-electron chi connectivity index (χ2n) is 3.98. The molecule has 0 aliphatic heterocycles. The van der Waals surface area contributed by atoms with Crippen LogP contribution in [0.1, 0.15) is 5.89 Å². The van der Waals surface area contributed by atoms with Crippen LogP contribution in [0.2, 0.25) is 5.02 Å². The van der Waals surface area contributed by atoms with Gasteiger partial charge in [-0.1, -0.05) is 28.7 Å². The van der Waals surface area contributed by atoms with E-state index in [2.05, 4.69) is 20.3 Å². The molecule has 0 spiro atoms. The summed E-state index contributed by atoms with van der Waals surface area (Å²) in [7, 11) is 0. The van der Waals surface area contributed by atoms with Gasteiger partial charge in [-0.2, -0.15) is 4.68 Å². The number of nitro groups is 1. The first kappa shape index (κ1) is 13.2. The van der Waals surface area contributed by atoms with Crippen molar-refractivity contribution >= 4 is 17.5 Å². The van der Waals surface area contributed by atoms with E-state index in [9.17, 15) is 10.1 Å². The highest BCUT2D eigenvalue weighted by molar-refractivity contribution is 6.33. The van der Waals surface area contributed by atoms with Gasteiger partial charge < -0.3 is 14.5 Å². The Morgan fingerprint density at radius 2 is 2.14 bits per heavy atom. The van der Waals surface area contributed by atoms with E-state index in [0.29, 0.717) is 10.6 Å². The van der Waals surface area contributed by atoms with Crippen molar-refractivity contribution in [2.24, 2.45) is 0 Å². The van der Waals surface area contributed by atoms with E-state index in [1.54, 1.807) is 24.3 Å². The Kier molecular flexibility index (Phi) is 3.32. The number of aromatic nitrogens is 5. The van der Waals surface area contributed by atoms with Crippen LogP contribution < -0.4 is 0 Å². The maximum atomic E-state index is 10.5. The smallest absolute Gasteiger partial charge is 0.419 e. The lowest BCUT2D eigenvalue weighted by Crippen LogP contribution is -2.01. The molecule has 2 heterocycles. The summed E-state index contributed by atoms with van der Waals surface area (Å²) >= 11 is 6.04. The molecule has 1 aromatic carbocycles. The van der Waals surface area contributed by atoms with Crippen molar-refractivity contribution in [1.82, 2.24) is 25.0 Å². The predicted molar refractivity (Wildman–Crippen MR) is 70.5 cm³/mol. The van der Waals surface area contributed by atoms with E-state index >= 15 is 0 Å². The van der Waals surface area contributed by atoms with E-state index in [4.69, 9.17) is 16.0 Å². The van der Waals surface area contributed by atoms with Gasteiger partial charge in [0.15, 0.2) is 0 Å². The average Bonchev–Trinajstić information content (AvgIpc) is 3.09. The van der Waals surface area contributed by atoms with Crippen LogP contribution in [-0.4, -0.2) is 29.9 Å². The molecule has 0 aliphatic rings. The molecule has 0 aliphatic carbocycles. The van der Waals surface area contributed by atoms with Crippen molar-refractivity contribution < 1.29 is 9.34 Å². The van der Waals surface area contributed by atoms with Crippen LogP contribution in [-0.2, 0) is 6.54 Å². The molecule has 0 fully saturated rings. The van der Waals surface area contributed by atoms with E-state index in [1.165, 1.54) is 11.0 Å². The summed E-state index contributed by atoms with van der Waals surface area (Å²) in [6.45, 7) is 0.0816. The predicted octanol–water partition coefficient (Wildman–Crippen LogP) is 1.94. The molecular formula is C11H7ClN6O3. The zero-order chi connectivity index (χ0) is 14.8. The maximum Gasteiger partial charge on any atom is 0.490 e. The minimum Gasteiger partial charge on any atom is -0.419 e. The van der Waals surface area contributed by atoms with E-state index < -0.39 is 10.9 Å². The SMILES string of the molecule is O=[N+]([O-])c1ncn(Cc2nnc(-c3ccccc3Cl)o2)n1. The number of nitrogens with zero attached hydrogens (tertiary/aromatic N) is 6. The lowest BCUT2D eigenvalue weighted by atomic mass is 10.2. The second kappa shape index (κ2) is 5.29. The fraction of sp³-hybridized carbons (Fsp3) is 0.0909. The summed E-state index contributed by atoms with van der Waals surface area (Å²) in [6, 6.07) is 7.05. The number of hydrogen-bond acceptors (Lipinski definition) is 7. The first-order valence-electron chi connectivity index (χ1n) is 5.74. The maximum absolute atomic E-state index is 10.5. The zero-order valence-electron chi connectivity index (χ0n) is 10.4. The van der Waals surface area contributed by atoms with Crippen molar-refractivity contribution in [3.63, 3.8) is 0 Å². The molecule has 0 amide bonds. The highest BCUT2D eigenvalue weighted by atomic mass is 35.5. The van der Waals surface area contributed by atoms with Gasteiger partial charge in [-0.05, 0) is 17.1 Å². The van der Waals surface area contributed by atoms with Gasteiger partial charge >= 0.3 is 5.95 Å². The molecule has 0 radical (unpaired) electrons. The van der Waals surface area contributed by atoms with Gasteiger partial charge in [-0.15, -0.1) is 10.2 Å². The highest BCUT2D eigenvalue weighted by Gasteiger charge is 2.16. The minimum atomic E-state index is -0.681. The molecule has 0 unspecified atom stereocenters. The summed E-state index contributed by atoms with van der Waals surface area (Å²) in [4.78, 5) is 13.3. The molecule has 0 N–H and O–H groups in total. The van der Waals surface area contributed by atoms with Gasteiger partial charge in [0.2, 0.25) is 18.1 Å². The van der Waals surface area contributed by atoms with Gasteiger partial charge in [0.25, 0.3) is 0 Å². The van der Waals surface area contributed by atoms with Crippen molar-refractivity contribution in [3.8, 4) is 11.5 Å². The molecule has 9 nitrogen and oxygen atoms in total. The van der Waals surface area contributed by atoms with Crippen LogP contribution in [0.15, 0.2) is 35.0 Å². The standard InChI is InChI=1S/C11H7ClN6O3/c12-8-4-2-1-3-7(8)10-15-14-9(21-10)5-17-6-13-11(16-17)18(19)20/h1-4,6H,5H2. The van der Waals surface area contributed by atoms with Crippen LogP contribution in [0, 0.1) is 10.1 Å². The first-order valence-corrected chi connectivity index (χ1v) is 6.12. The summed E-state index contributed by atoms with van der Waals surface area (Å²) in [5.41, 5.74) is 0.613. The molecule has 3 aromatic rings. The highest BCUT2D eigenvalue weighted by Crippen LogP contribution is 2.26. The van der Waals surface area contributed by atoms with Crippen molar-refractivity contribution in [3.05, 3.63) is 51.6 Å². The summed E-state index contributed by atoms with van der Waals surface area (Å²) < 4.78 is 6.70. The third-order valence-corrected chi connectivity index (χ3v) is 2.89. The molecule has 21 heavy (non-hydrogen) atoms. The molecule has 0 saturated carbocycles. The molecule has 3 rings (SSSR count). The Labute approximate surface area is 122 Å². The number of halogens is 1. The average molecular weight is 307 g/mol. The Morgan fingerprint density at radius 3 is 2.86 bits per heavy atom. The van der Waals surface area contributed by atoms with Gasteiger partial charge in [0, 0.05) is 5.10 Å². The Balaban J connectivity index is 1.82. The zero-order valence-corrected chi connectivity index (χ0v) is 11.1. The monoisotopic (exact) mass is 306 g/mol. The van der Waals surface area contributed by atoms with Gasteiger partial charge in [0.05, 0.1) is 10.6 Å². The molecule has 0 saturated heterocycles. The normalized spacial score (nSPS) is 10.7. The summed E-state index contributed by atoms with van der Waals surface area (Å²) in [5, 5.41) is 22.4. The molecule has 2 aromatic heterocycles. The third kappa shape index (κ3) is 2.72. The number of benzene rings is 1. The first-order chi connectivity index (χ1) is 10.1. The molecule has 106 valence electrons. The molecule has 10 heteroatoms. The van der Waals surface area contributed by atoms with Crippen LogP contribution >= 0.6 is 11.6 Å². The van der Waals surface area contributed by atoms with E-state index in [0.717, 1.165) is 0 Å². The fourth-order valence-corrected chi connectivity index (χ4v) is 1.86. The quantitative estimate of drug-likeness (QED) is 0.534. The van der Waals surface area contributed by atoms with Crippen molar-refractivity contribution in [2.75, 3.05) is 0 Å². The minimum absolute atomic E-state index is 0.0816. The Hall–Kier alpha value is -2.81. The largest absolute Gasteiger partial charge is 0.490 e. The van der Waals surface area contributed by atoms with Gasteiger partial charge in [-0.25, -0.2) is 0 Å². The van der Waals surface area contributed by atoms with Gasteiger partial charge in [0.1, 0.15) is 6.54 Å². The van der Waals surface area contributed by atoms with Crippen LogP contribution in [0.3, 0.4) is 0 Å². The number of hydrogen-bond donors (Lipinski definition) is 0. The summed E-state index contributed by atoms with van der Waals surface area (Å²) in [6.07, 6.45) is 1.22. The van der Waals surface area contributed by atoms with Crippen LogP contribution in [0.4, 0.5) is 5.95 Å². The Bertz CT molecular complexity index is 799.